The van der Waals surface area contributed by atoms with Crippen LogP contribution in [0.25, 0.3) is 0 Å². The fourth-order valence-electron chi connectivity index (χ4n) is 2.07. The lowest BCUT2D eigenvalue weighted by Crippen LogP contribution is -2.22. The van der Waals surface area contributed by atoms with Crippen LogP contribution in [0.3, 0.4) is 0 Å². The maximum Gasteiger partial charge on any atom is 0.0261 e. The number of hydrogen-bond donors (Lipinski definition) is 1. The Morgan fingerprint density at radius 3 is 2.54 bits per heavy atom. The molecule has 1 aromatic carbocycles. The molecule has 1 aliphatic rings. The molecule has 0 unspecified atom stereocenters. The van der Waals surface area contributed by atoms with Gasteiger partial charge in [0.1, 0.15) is 0 Å². The van der Waals surface area contributed by atoms with Gasteiger partial charge in [0.05, 0.1) is 0 Å². The molecule has 1 nitrogen and oxygen atoms in total. The Labute approximate surface area is 83.9 Å². The fourth-order valence-corrected chi connectivity index (χ4v) is 2.48. The second-order valence-corrected chi connectivity index (χ2v) is 4.09. The van der Waals surface area contributed by atoms with E-state index in [4.69, 9.17) is 17.3 Å². The Morgan fingerprint density at radius 1 is 1.38 bits per heavy atom. The minimum absolute atomic E-state index is 0.197. The Kier molecular flexibility index (Phi) is 2.31. The van der Waals surface area contributed by atoms with E-state index in [0.29, 0.717) is 12.5 Å². The maximum atomic E-state index is 5.86. The first-order valence-electron chi connectivity index (χ1n) is 4.65. The van der Waals surface area contributed by atoms with Crippen LogP contribution in [0.15, 0.2) is 30.3 Å². The number of nitrogens with two attached hydrogens (primary N) is 1. The summed E-state index contributed by atoms with van der Waals surface area (Å²) in [6.45, 7) is 0.717. The van der Waals surface area contributed by atoms with E-state index in [-0.39, 0.29) is 5.41 Å². The van der Waals surface area contributed by atoms with Gasteiger partial charge in [-0.2, -0.15) is 0 Å². The quantitative estimate of drug-likeness (QED) is 0.735. The van der Waals surface area contributed by atoms with Gasteiger partial charge in [0.15, 0.2) is 0 Å². The highest BCUT2D eigenvalue weighted by molar-refractivity contribution is 6.18. The third kappa shape index (κ3) is 1.36. The summed E-state index contributed by atoms with van der Waals surface area (Å²) in [6.07, 6.45) is 1.15. The van der Waals surface area contributed by atoms with Gasteiger partial charge in [-0.3, -0.25) is 0 Å². The van der Waals surface area contributed by atoms with Crippen LogP contribution >= 0.6 is 11.6 Å². The molecule has 1 fully saturated rings. The molecule has 0 spiro atoms. The predicted molar refractivity (Wildman–Crippen MR) is 56.0 cm³/mol. The monoisotopic (exact) mass is 195 g/mol. The van der Waals surface area contributed by atoms with Crippen LogP contribution < -0.4 is 5.73 Å². The Morgan fingerprint density at radius 2 is 2.08 bits per heavy atom. The van der Waals surface area contributed by atoms with Crippen molar-refractivity contribution in [3.63, 3.8) is 0 Å². The summed E-state index contributed by atoms with van der Waals surface area (Å²) in [5.74, 6) is 1.31. The van der Waals surface area contributed by atoms with E-state index in [1.807, 2.05) is 6.07 Å². The molecule has 1 aliphatic carbocycles. The fraction of sp³-hybridized carbons (Fsp3) is 0.455. The molecule has 0 saturated heterocycles. The highest BCUT2D eigenvalue weighted by Crippen LogP contribution is 2.53. The van der Waals surface area contributed by atoms with Crippen LogP contribution in [0.1, 0.15) is 12.0 Å². The summed E-state index contributed by atoms with van der Waals surface area (Å²) in [7, 11) is 0. The van der Waals surface area contributed by atoms with Crippen molar-refractivity contribution in [2.24, 2.45) is 11.7 Å². The third-order valence-corrected chi connectivity index (χ3v) is 3.50. The molecule has 1 saturated carbocycles. The first-order valence-corrected chi connectivity index (χ1v) is 5.18. The van der Waals surface area contributed by atoms with Crippen molar-refractivity contribution in [3.8, 4) is 0 Å². The Balaban J connectivity index is 2.25. The summed E-state index contributed by atoms with van der Waals surface area (Å²) in [4.78, 5) is 0. The average Bonchev–Trinajstić information content (AvgIpc) is 2.94. The molecule has 0 aliphatic heterocycles. The van der Waals surface area contributed by atoms with Crippen molar-refractivity contribution in [2.45, 2.75) is 11.8 Å². The van der Waals surface area contributed by atoms with Crippen molar-refractivity contribution in [2.75, 3.05) is 12.4 Å². The first kappa shape index (κ1) is 9.04. The number of hydrogen-bond acceptors (Lipinski definition) is 1. The van der Waals surface area contributed by atoms with E-state index < -0.39 is 0 Å². The minimum atomic E-state index is 0.197. The molecule has 70 valence electrons. The Bertz CT molecular complexity index is 285. The minimum Gasteiger partial charge on any atom is -0.330 e. The highest BCUT2D eigenvalue weighted by Gasteiger charge is 2.53. The van der Waals surface area contributed by atoms with Crippen molar-refractivity contribution < 1.29 is 0 Å². The molecular formula is C11H14ClN. The zero-order chi connectivity index (χ0) is 9.31. The van der Waals surface area contributed by atoms with Gasteiger partial charge in [-0.15, -0.1) is 11.6 Å². The number of rotatable bonds is 3. The third-order valence-electron chi connectivity index (χ3n) is 3.13. The smallest absolute Gasteiger partial charge is 0.0261 e. The van der Waals surface area contributed by atoms with Crippen LogP contribution in [0.4, 0.5) is 0 Å². The molecule has 0 radical (unpaired) electrons. The van der Waals surface area contributed by atoms with Crippen molar-refractivity contribution in [1.82, 2.24) is 0 Å². The molecule has 2 N–H and O–H groups in total. The molecule has 2 rings (SSSR count). The molecule has 13 heavy (non-hydrogen) atoms. The summed E-state index contributed by atoms with van der Waals surface area (Å²) in [5, 5.41) is 0. The lowest BCUT2D eigenvalue weighted by molar-refractivity contribution is 0.644. The Hall–Kier alpha value is -0.530. The zero-order valence-corrected chi connectivity index (χ0v) is 8.30. The number of halogens is 1. The summed E-state index contributed by atoms with van der Waals surface area (Å²) in [6, 6.07) is 10.5. The van der Waals surface area contributed by atoms with Gasteiger partial charge in [0.2, 0.25) is 0 Å². The standard InChI is InChI=1S/C11H14ClN/c12-7-10-6-11(10,8-13)9-4-2-1-3-5-9/h1-5,10H,6-8,13H2/t10-,11-/m1/s1. The summed E-state index contributed by atoms with van der Waals surface area (Å²) >= 11 is 5.86. The predicted octanol–water partition coefficient (Wildman–Crippen LogP) is 2.14. The van der Waals surface area contributed by atoms with E-state index >= 15 is 0 Å². The normalized spacial score (nSPS) is 31.7. The molecule has 0 heterocycles. The number of benzene rings is 1. The van der Waals surface area contributed by atoms with E-state index in [1.165, 1.54) is 5.56 Å². The molecule has 0 aromatic heterocycles. The van der Waals surface area contributed by atoms with E-state index in [1.54, 1.807) is 0 Å². The topological polar surface area (TPSA) is 26.0 Å². The van der Waals surface area contributed by atoms with E-state index in [9.17, 15) is 0 Å². The molecule has 2 heteroatoms. The summed E-state index contributed by atoms with van der Waals surface area (Å²) in [5.41, 5.74) is 7.36. The molecule has 0 bridgehead atoms. The van der Waals surface area contributed by atoms with Crippen molar-refractivity contribution >= 4 is 11.6 Å². The zero-order valence-electron chi connectivity index (χ0n) is 7.54. The molecule has 0 amide bonds. The average molecular weight is 196 g/mol. The van der Waals surface area contributed by atoms with Gasteiger partial charge in [-0.05, 0) is 17.9 Å². The lowest BCUT2D eigenvalue weighted by atomic mass is 9.94. The molecule has 2 atom stereocenters. The second-order valence-electron chi connectivity index (χ2n) is 3.78. The van der Waals surface area contributed by atoms with E-state index in [0.717, 1.165) is 12.3 Å². The SMILES string of the molecule is NC[C@@]1(c2ccccc2)C[C@@H]1CCl. The first-order chi connectivity index (χ1) is 6.33. The molecule has 1 aromatic rings. The molecular weight excluding hydrogens is 182 g/mol. The number of alkyl halides is 1. The van der Waals surface area contributed by atoms with Crippen molar-refractivity contribution in [3.05, 3.63) is 35.9 Å². The van der Waals surface area contributed by atoms with Crippen LogP contribution in [-0.2, 0) is 5.41 Å². The van der Waals surface area contributed by atoms with Gasteiger partial charge in [-0.1, -0.05) is 30.3 Å². The summed E-state index contributed by atoms with van der Waals surface area (Å²) < 4.78 is 0. The van der Waals surface area contributed by atoms with Gasteiger partial charge in [0.25, 0.3) is 0 Å². The second kappa shape index (κ2) is 3.32. The lowest BCUT2D eigenvalue weighted by Gasteiger charge is -2.14. The van der Waals surface area contributed by atoms with Crippen LogP contribution in [0, 0.1) is 5.92 Å². The van der Waals surface area contributed by atoms with Crippen LogP contribution in [0.5, 0.6) is 0 Å². The van der Waals surface area contributed by atoms with E-state index in [2.05, 4.69) is 24.3 Å². The van der Waals surface area contributed by atoms with Crippen LogP contribution in [0.2, 0.25) is 0 Å². The van der Waals surface area contributed by atoms with Gasteiger partial charge >= 0.3 is 0 Å². The van der Waals surface area contributed by atoms with Crippen molar-refractivity contribution in [1.29, 1.82) is 0 Å². The highest BCUT2D eigenvalue weighted by atomic mass is 35.5. The largest absolute Gasteiger partial charge is 0.330 e. The van der Waals surface area contributed by atoms with Crippen LogP contribution in [-0.4, -0.2) is 12.4 Å². The maximum absolute atomic E-state index is 5.86. The van der Waals surface area contributed by atoms with Gasteiger partial charge in [-0.25, -0.2) is 0 Å². The van der Waals surface area contributed by atoms with Gasteiger partial charge in [0, 0.05) is 17.8 Å². The van der Waals surface area contributed by atoms with Gasteiger partial charge < -0.3 is 5.73 Å².